The molecule has 1 fully saturated rings. The van der Waals surface area contributed by atoms with E-state index < -0.39 is 18.2 Å². The van der Waals surface area contributed by atoms with Crippen molar-refractivity contribution in [2.45, 2.75) is 51.4 Å². The maximum atomic E-state index is 15.4. The number of benzene rings is 2. The molecule has 1 aliphatic rings. The van der Waals surface area contributed by atoms with E-state index in [1.165, 1.54) is 0 Å². The van der Waals surface area contributed by atoms with E-state index in [1.807, 2.05) is 57.2 Å². The number of fused-ring (bicyclic) bond motifs is 3. The van der Waals surface area contributed by atoms with Crippen molar-refractivity contribution >= 4 is 45.0 Å². The maximum Gasteiger partial charge on any atom is 0.216 e. The lowest BCUT2D eigenvalue weighted by Crippen LogP contribution is -2.50. The van der Waals surface area contributed by atoms with E-state index >= 15 is 4.39 Å². The number of ether oxygens (including phenoxy) is 1. The van der Waals surface area contributed by atoms with Crippen molar-refractivity contribution < 1.29 is 14.2 Å². The van der Waals surface area contributed by atoms with Crippen molar-refractivity contribution in [3.05, 3.63) is 46.4 Å². The summed E-state index contributed by atoms with van der Waals surface area (Å²) in [7, 11) is 0. The molecule has 4 nitrogen and oxygen atoms in total. The molecule has 1 aliphatic heterocycles. The summed E-state index contributed by atoms with van der Waals surface area (Å²) in [6, 6.07) is 11.0. The highest BCUT2D eigenvalue weighted by atomic mass is 35.5. The lowest BCUT2D eigenvalue weighted by molar-refractivity contribution is -0.247. The number of piperidine rings is 1. The first-order valence-corrected chi connectivity index (χ1v) is 10.5. The van der Waals surface area contributed by atoms with Gasteiger partial charge in [0.25, 0.3) is 0 Å². The summed E-state index contributed by atoms with van der Waals surface area (Å²) < 4.78 is 23.0. The van der Waals surface area contributed by atoms with Gasteiger partial charge in [0.2, 0.25) is 6.41 Å². The molecule has 0 bridgehead atoms. The van der Waals surface area contributed by atoms with Gasteiger partial charge in [-0.3, -0.25) is 4.90 Å². The average Bonchev–Trinajstić information content (AvgIpc) is 2.93. The van der Waals surface area contributed by atoms with Gasteiger partial charge in [-0.15, -0.1) is 0 Å². The lowest BCUT2D eigenvalue weighted by Gasteiger charge is -2.39. The smallest absolute Gasteiger partial charge is 0.216 e. The van der Waals surface area contributed by atoms with E-state index in [1.54, 1.807) is 4.90 Å². The Bertz CT molecular complexity index is 987. The Morgan fingerprint density at radius 3 is 2.10 bits per heavy atom. The van der Waals surface area contributed by atoms with Crippen LogP contribution in [0.15, 0.2) is 36.4 Å². The summed E-state index contributed by atoms with van der Waals surface area (Å²) in [5, 5.41) is 13.5. The molecule has 0 amide bonds. The van der Waals surface area contributed by atoms with Crippen LogP contribution in [0.25, 0.3) is 21.8 Å². The van der Waals surface area contributed by atoms with Gasteiger partial charge in [-0.05, 0) is 63.6 Å². The molecule has 3 atom stereocenters. The van der Waals surface area contributed by atoms with Crippen LogP contribution in [0, 0.1) is 0 Å². The van der Waals surface area contributed by atoms with E-state index in [9.17, 15) is 5.11 Å². The monoisotopic (exact) mass is 438 g/mol. The normalized spacial score (nSPS) is 22.4. The zero-order valence-corrected chi connectivity index (χ0v) is 18.2. The van der Waals surface area contributed by atoms with Crippen molar-refractivity contribution in [3.63, 3.8) is 0 Å². The Labute approximate surface area is 179 Å². The highest BCUT2D eigenvalue weighted by Crippen LogP contribution is 2.38. The molecule has 4 rings (SSSR count). The van der Waals surface area contributed by atoms with Crippen LogP contribution < -0.4 is 0 Å². The third-order valence-corrected chi connectivity index (χ3v) is 5.84. The fourth-order valence-electron chi connectivity index (χ4n) is 4.15. The molecule has 0 radical (unpaired) electrons. The second kappa shape index (κ2) is 7.71. The Morgan fingerprint density at radius 1 is 1.07 bits per heavy atom. The van der Waals surface area contributed by atoms with Crippen LogP contribution in [0.5, 0.6) is 0 Å². The number of aromatic nitrogens is 1. The maximum absolute atomic E-state index is 15.4. The van der Waals surface area contributed by atoms with Crippen LogP contribution in [0.2, 0.25) is 10.0 Å². The van der Waals surface area contributed by atoms with Crippen molar-refractivity contribution in [3.8, 4) is 0 Å². The van der Waals surface area contributed by atoms with Crippen LogP contribution >= 0.6 is 23.2 Å². The third-order valence-electron chi connectivity index (χ3n) is 5.37. The Morgan fingerprint density at radius 2 is 1.62 bits per heavy atom. The average molecular weight is 439 g/mol. The van der Waals surface area contributed by atoms with E-state index in [0.29, 0.717) is 23.0 Å². The molecule has 1 unspecified atom stereocenters. The Hall–Kier alpha value is -1.37. The molecule has 0 aliphatic carbocycles. The van der Waals surface area contributed by atoms with Gasteiger partial charge in [-0.1, -0.05) is 23.2 Å². The minimum absolute atomic E-state index is 0.101. The predicted molar refractivity (Wildman–Crippen MR) is 116 cm³/mol. The summed E-state index contributed by atoms with van der Waals surface area (Å²) in [5.74, 6) is 0. The fourth-order valence-corrected chi connectivity index (χ4v) is 4.50. The molecule has 1 aromatic heterocycles. The molecule has 2 heterocycles. The number of hydrogen-bond donors (Lipinski definition) is 1. The zero-order valence-electron chi connectivity index (χ0n) is 16.7. The summed E-state index contributed by atoms with van der Waals surface area (Å²) in [5.41, 5.74) is 1.35. The van der Waals surface area contributed by atoms with Crippen molar-refractivity contribution in [1.82, 2.24) is 9.47 Å². The number of aliphatic hydroxyl groups excluding tert-OH is 1. The van der Waals surface area contributed by atoms with Crippen molar-refractivity contribution in [2.75, 3.05) is 13.1 Å². The summed E-state index contributed by atoms with van der Waals surface area (Å²) in [6.07, 6.45) is -1.73. The van der Waals surface area contributed by atoms with Crippen LogP contribution in [-0.4, -0.2) is 45.8 Å². The quantitative estimate of drug-likeness (QED) is 0.526. The lowest BCUT2D eigenvalue weighted by atomic mass is 10.0. The molecule has 0 spiro atoms. The Kier molecular flexibility index (Phi) is 5.55. The van der Waals surface area contributed by atoms with E-state index in [0.717, 1.165) is 21.8 Å². The first kappa shape index (κ1) is 20.9. The van der Waals surface area contributed by atoms with Gasteiger partial charge in [0.1, 0.15) is 6.17 Å². The highest BCUT2D eigenvalue weighted by molar-refractivity contribution is 6.33. The topological polar surface area (TPSA) is 37.6 Å². The summed E-state index contributed by atoms with van der Waals surface area (Å²) >= 11 is 12.4. The van der Waals surface area contributed by atoms with Gasteiger partial charge in [0, 0.05) is 44.9 Å². The number of rotatable bonds is 3. The highest BCUT2D eigenvalue weighted by Gasteiger charge is 2.36. The van der Waals surface area contributed by atoms with Gasteiger partial charge >= 0.3 is 0 Å². The van der Waals surface area contributed by atoms with Crippen LogP contribution in [0.1, 0.15) is 33.2 Å². The van der Waals surface area contributed by atoms with E-state index in [-0.39, 0.29) is 12.6 Å². The van der Waals surface area contributed by atoms with Gasteiger partial charge < -0.3 is 14.4 Å². The van der Waals surface area contributed by atoms with Gasteiger partial charge in [-0.2, -0.15) is 0 Å². The van der Waals surface area contributed by atoms with Gasteiger partial charge in [-0.25, -0.2) is 4.39 Å². The standard InChI is InChI=1S/C22H25Cl2FN2O2/c1-22(2,3)29-21(28)26-9-8-20(17(25)12-26)27-18-6-4-13(23)10-15(18)16-11-14(24)5-7-19(16)27/h4-7,10-11,17,20-21,28H,8-9,12H2,1-3H3/t17-,20+,21?/m1/s1. The molecule has 2 aromatic carbocycles. The first-order valence-electron chi connectivity index (χ1n) is 9.77. The molecular formula is C22H25Cl2FN2O2. The minimum atomic E-state index is -1.16. The molecular weight excluding hydrogens is 414 g/mol. The van der Waals surface area contributed by atoms with E-state index in [4.69, 9.17) is 27.9 Å². The molecule has 0 saturated carbocycles. The summed E-state index contributed by atoms with van der Waals surface area (Å²) in [4.78, 5) is 1.65. The van der Waals surface area contributed by atoms with Gasteiger partial charge in [0.15, 0.2) is 0 Å². The number of alkyl halides is 1. The van der Waals surface area contributed by atoms with Crippen molar-refractivity contribution in [2.24, 2.45) is 0 Å². The second-order valence-corrected chi connectivity index (χ2v) is 9.49. The predicted octanol–water partition coefficient (Wildman–Crippen LogP) is 5.78. The number of aliphatic hydroxyl groups is 1. The first-order chi connectivity index (χ1) is 13.6. The third kappa shape index (κ3) is 4.12. The molecule has 3 aromatic rings. The number of halogens is 3. The van der Waals surface area contributed by atoms with E-state index in [2.05, 4.69) is 4.57 Å². The molecule has 1 saturated heterocycles. The number of hydrogen-bond acceptors (Lipinski definition) is 3. The Balaban J connectivity index is 1.70. The van der Waals surface area contributed by atoms with Crippen LogP contribution in [0.4, 0.5) is 4.39 Å². The number of nitrogens with zero attached hydrogens (tertiary/aromatic N) is 2. The zero-order chi connectivity index (χ0) is 20.9. The number of likely N-dealkylation sites (tertiary alicyclic amines) is 1. The fraction of sp³-hybridized carbons (Fsp3) is 0.455. The molecule has 1 N–H and O–H groups in total. The molecule has 156 valence electrons. The molecule has 29 heavy (non-hydrogen) atoms. The summed E-state index contributed by atoms with van der Waals surface area (Å²) in [6.45, 7) is 6.23. The SMILES string of the molecule is CC(C)(C)OC(O)N1CC[C@H](n2c3ccc(Cl)cc3c3cc(Cl)ccc32)[C@H](F)C1. The molecule has 7 heteroatoms. The minimum Gasteiger partial charge on any atom is -0.356 e. The second-order valence-electron chi connectivity index (χ2n) is 8.62. The van der Waals surface area contributed by atoms with Crippen LogP contribution in [0.3, 0.4) is 0 Å². The van der Waals surface area contributed by atoms with Gasteiger partial charge in [0.05, 0.1) is 11.6 Å². The van der Waals surface area contributed by atoms with Crippen molar-refractivity contribution in [1.29, 1.82) is 0 Å². The van der Waals surface area contributed by atoms with Crippen LogP contribution in [-0.2, 0) is 4.74 Å². The largest absolute Gasteiger partial charge is 0.356 e.